The first-order valence-electron chi connectivity index (χ1n) is 10.9. The van der Waals surface area contributed by atoms with Crippen LogP contribution in [-0.4, -0.2) is 50.0 Å². The number of amides is 1. The first-order valence-corrected chi connectivity index (χ1v) is 10.9. The Hall–Kier alpha value is -3.17. The maximum absolute atomic E-state index is 13.8. The van der Waals surface area contributed by atoms with Crippen molar-refractivity contribution < 1.29 is 22.7 Å². The molecule has 3 heterocycles. The van der Waals surface area contributed by atoms with Crippen molar-refractivity contribution in [1.82, 2.24) is 24.9 Å². The van der Waals surface area contributed by atoms with Gasteiger partial charge in [-0.2, -0.15) is 28.2 Å². The molecule has 176 valence electrons. The summed E-state index contributed by atoms with van der Waals surface area (Å²) >= 11 is 0. The van der Waals surface area contributed by atoms with E-state index < -0.39 is 23.2 Å². The molecule has 0 aromatic carbocycles. The number of nitrogens with zero attached hydrogens (tertiary/aromatic N) is 5. The summed E-state index contributed by atoms with van der Waals surface area (Å²) in [7, 11) is 0. The molecule has 2 aliphatic rings. The van der Waals surface area contributed by atoms with Gasteiger partial charge in [-0.05, 0) is 31.7 Å². The second kappa shape index (κ2) is 8.99. The Morgan fingerprint density at radius 3 is 2.67 bits per heavy atom. The number of alkyl halides is 3. The van der Waals surface area contributed by atoms with Gasteiger partial charge in [-0.25, -0.2) is 4.98 Å². The Labute approximate surface area is 189 Å². The summed E-state index contributed by atoms with van der Waals surface area (Å²) < 4.78 is 44.1. The molecular formula is C23H26F3N5O2. The van der Waals surface area contributed by atoms with Crippen LogP contribution in [0.3, 0.4) is 0 Å². The van der Waals surface area contributed by atoms with Crippen LogP contribution in [0.25, 0.3) is 0 Å². The van der Waals surface area contributed by atoms with Crippen molar-refractivity contribution in [3.05, 3.63) is 60.6 Å². The Bertz CT molecular complexity index is 1020. The van der Waals surface area contributed by atoms with Crippen molar-refractivity contribution >= 4 is 5.91 Å². The minimum atomic E-state index is -4.45. The zero-order valence-corrected chi connectivity index (χ0v) is 18.4. The second-order valence-corrected chi connectivity index (χ2v) is 8.68. The van der Waals surface area contributed by atoms with Crippen LogP contribution in [-0.2, 0) is 16.5 Å². The highest BCUT2D eigenvalue weighted by atomic mass is 19.4. The number of aromatic nitrogens is 4. The summed E-state index contributed by atoms with van der Waals surface area (Å²) in [6, 6.07) is 1.92. The van der Waals surface area contributed by atoms with E-state index in [4.69, 9.17) is 4.74 Å². The molecule has 4 atom stereocenters. The van der Waals surface area contributed by atoms with Gasteiger partial charge in [-0.1, -0.05) is 31.2 Å². The van der Waals surface area contributed by atoms with Crippen molar-refractivity contribution in [2.24, 2.45) is 11.8 Å². The van der Waals surface area contributed by atoms with E-state index in [1.165, 1.54) is 6.07 Å². The van der Waals surface area contributed by atoms with Crippen molar-refractivity contribution in [2.45, 2.75) is 44.4 Å². The summed E-state index contributed by atoms with van der Waals surface area (Å²) in [5, 5.41) is 8.52. The van der Waals surface area contributed by atoms with Gasteiger partial charge in [-0.15, -0.1) is 0 Å². The summed E-state index contributed by atoms with van der Waals surface area (Å²) in [6.07, 6.45) is 8.75. The van der Waals surface area contributed by atoms with Crippen LogP contribution in [0.5, 0.6) is 5.88 Å². The molecule has 33 heavy (non-hydrogen) atoms. The molecule has 1 aliphatic heterocycles. The molecule has 1 saturated heterocycles. The van der Waals surface area contributed by atoms with Crippen LogP contribution in [0.1, 0.15) is 32.3 Å². The molecule has 0 radical (unpaired) electrons. The van der Waals surface area contributed by atoms with Gasteiger partial charge in [0.15, 0.2) is 0 Å². The van der Waals surface area contributed by atoms with Gasteiger partial charge in [0.05, 0.1) is 29.9 Å². The highest BCUT2D eigenvalue weighted by Crippen LogP contribution is 2.35. The molecule has 2 aromatic heterocycles. The Balaban J connectivity index is 1.51. The van der Waals surface area contributed by atoms with Crippen molar-refractivity contribution in [1.29, 1.82) is 0 Å². The monoisotopic (exact) mass is 461 g/mol. The van der Waals surface area contributed by atoms with Crippen LogP contribution in [0.15, 0.2) is 55.0 Å². The molecular weight excluding hydrogens is 435 g/mol. The van der Waals surface area contributed by atoms with E-state index in [2.05, 4.69) is 22.1 Å². The quantitative estimate of drug-likeness (QED) is 0.676. The number of halogens is 3. The highest BCUT2D eigenvalue weighted by molar-refractivity contribution is 5.83. The first-order chi connectivity index (χ1) is 15.7. The van der Waals surface area contributed by atoms with E-state index >= 15 is 0 Å². The topological polar surface area (TPSA) is 73.1 Å². The predicted molar refractivity (Wildman–Crippen MR) is 114 cm³/mol. The lowest BCUT2D eigenvalue weighted by Gasteiger charge is -2.43. The maximum atomic E-state index is 13.8. The molecule has 2 unspecified atom stereocenters. The number of carbonyl (C=O) groups is 1. The normalized spacial score (nSPS) is 27.5. The van der Waals surface area contributed by atoms with Gasteiger partial charge in [0.1, 0.15) is 12.1 Å². The predicted octanol–water partition coefficient (Wildman–Crippen LogP) is 3.86. The van der Waals surface area contributed by atoms with E-state index in [0.29, 0.717) is 6.54 Å². The van der Waals surface area contributed by atoms with Crippen LogP contribution in [0.2, 0.25) is 0 Å². The lowest BCUT2D eigenvalue weighted by atomic mass is 9.80. The Morgan fingerprint density at radius 2 is 2.00 bits per heavy atom. The van der Waals surface area contributed by atoms with Crippen molar-refractivity contribution in [2.75, 3.05) is 13.2 Å². The number of rotatable bonds is 5. The number of likely N-dealkylation sites (tertiary alicyclic amines) is 1. The summed E-state index contributed by atoms with van der Waals surface area (Å²) in [5.41, 5.74) is -1.59. The molecule has 1 amide bonds. The molecule has 1 aliphatic carbocycles. The van der Waals surface area contributed by atoms with Crippen molar-refractivity contribution in [3.63, 3.8) is 0 Å². The van der Waals surface area contributed by atoms with E-state index in [-0.39, 0.29) is 30.4 Å². The third-order valence-electron chi connectivity index (χ3n) is 6.46. The lowest BCUT2D eigenvalue weighted by molar-refractivity contribution is -0.143. The Kier molecular flexibility index (Phi) is 6.27. The minimum absolute atomic E-state index is 0.0593. The minimum Gasteiger partial charge on any atom is -0.475 e. The SMILES string of the molecule is C[C@@H]1CCCN(C(=O)C2C=CC=CC2(C)n2nccn2)[C@@H]1COc1ccc(C(F)(F)F)cn1. The van der Waals surface area contributed by atoms with E-state index in [1.807, 2.05) is 36.1 Å². The number of allylic oxidation sites excluding steroid dienone is 3. The standard InChI is InChI=1S/C23H26F3N5O2/c1-16-6-5-13-30(19(16)15-33-20-9-8-17(14-27-20)23(24,25)26)21(32)18-7-3-4-10-22(18,2)31-28-11-12-29-31/h3-4,7-12,14,16,18-19H,5-6,13,15H2,1-2H3/t16-,18?,19-,22?/m1/s1. The molecule has 0 spiro atoms. The van der Waals surface area contributed by atoms with Crippen LogP contribution in [0, 0.1) is 11.8 Å². The second-order valence-electron chi connectivity index (χ2n) is 8.68. The number of ether oxygens (including phenoxy) is 1. The highest BCUT2D eigenvalue weighted by Gasteiger charge is 2.44. The van der Waals surface area contributed by atoms with Crippen LogP contribution >= 0.6 is 0 Å². The average molecular weight is 461 g/mol. The number of pyridine rings is 1. The van der Waals surface area contributed by atoms with Crippen LogP contribution in [0.4, 0.5) is 13.2 Å². The van der Waals surface area contributed by atoms with E-state index in [1.54, 1.807) is 17.2 Å². The lowest BCUT2D eigenvalue weighted by Crippen LogP contribution is -2.56. The fourth-order valence-electron chi connectivity index (χ4n) is 4.47. The summed E-state index contributed by atoms with van der Waals surface area (Å²) in [6.45, 7) is 4.70. The summed E-state index contributed by atoms with van der Waals surface area (Å²) in [5.74, 6) is -0.309. The molecule has 0 N–H and O–H groups in total. The van der Waals surface area contributed by atoms with E-state index in [9.17, 15) is 18.0 Å². The molecule has 7 nitrogen and oxygen atoms in total. The fraction of sp³-hybridized carbons (Fsp3) is 0.478. The third-order valence-corrected chi connectivity index (χ3v) is 6.46. The molecule has 0 saturated carbocycles. The number of hydrogen-bond donors (Lipinski definition) is 0. The van der Waals surface area contributed by atoms with Gasteiger partial charge in [0.25, 0.3) is 0 Å². The summed E-state index contributed by atoms with van der Waals surface area (Å²) in [4.78, 5) is 20.9. The number of piperidine rings is 1. The number of carbonyl (C=O) groups excluding carboxylic acids is 1. The molecule has 4 rings (SSSR count). The van der Waals surface area contributed by atoms with Gasteiger partial charge >= 0.3 is 6.18 Å². The van der Waals surface area contributed by atoms with Gasteiger partial charge < -0.3 is 9.64 Å². The zero-order chi connectivity index (χ0) is 23.6. The molecule has 10 heteroatoms. The zero-order valence-electron chi connectivity index (χ0n) is 18.4. The van der Waals surface area contributed by atoms with Gasteiger partial charge in [0.2, 0.25) is 11.8 Å². The van der Waals surface area contributed by atoms with Crippen molar-refractivity contribution in [3.8, 4) is 5.88 Å². The fourth-order valence-corrected chi connectivity index (χ4v) is 4.47. The van der Waals surface area contributed by atoms with E-state index in [0.717, 1.165) is 25.1 Å². The van der Waals surface area contributed by atoms with Gasteiger partial charge in [-0.3, -0.25) is 4.79 Å². The molecule has 2 aromatic rings. The maximum Gasteiger partial charge on any atom is 0.417 e. The number of hydrogen-bond acceptors (Lipinski definition) is 5. The smallest absolute Gasteiger partial charge is 0.417 e. The molecule has 0 bridgehead atoms. The first kappa shape index (κ1) is 23.0. The average Bonchev–Trinajstić information content (AvgIpc) is 3.34. The largest absolute Gasteiger partial charge is 0.475 e. The third kappa shape index (κ3) is 4.65. The molecule has 1 fully saturated rings. The van der Waals surface area contributed by atoms with Crippen LogP contribution < -0.4 is 4.74 Å². The van der Waals surface area contributed by atoms with Gasteiger partial charge in [0, 0.05) is 18.8 Å². The Morgan fingerprint density at radius 1 is 1.24 bits per heavy atom.